The van der Waals surface area contributed by atoms with Crippen molar-refractivity contribution in [2.24, 2.45) is 12.9 Å². The number of aryl methyl sites for hydroxylation is 2. The molecule has 0 radical (unpaired) electrons. The smallest absolute Gasteiger partial charge is 0.0847 e. The van der Waals surface area contributed by atoms with Crippen LogP contribution >= 0.6 is 43.5 Å². The summed E-state index contributed by atoms with van der Waals surface area (Å²) in [6.45, 7) is 1.89. The third-order valence-electron chi connectivity index (χ3n) is 3.19. The van der Waals surface area contributed by atoms with E-state index >= 15 is 0 Å². The number of aromatic nitrogens is 2. The SMILES string of the molecule is Cc1nn(C)c(CC(NN)c2cc(Br)ccc2Br)c1Cl. The van der Waals surface area contributed by atoms with Crippen molar-refractivity contribution >= 4 is 43.5 Å². The average molecular weight is 423 g/mol. The number of hydrogen-bond donors (Lipinski definition) is 2. The molecule has 20 heavy (non-hydrogen) atoms. The molecule has 4 nitrogen and oxygen atoms in total. The monoisotopic (exact) mass is 420 g/mol. The molecule has 1 atom stereocenters. The predicted molar refractivity (Wildman–Crippen MR) is 88.6 cm³/mol. The maximum Gasteiger partial charge on any atom is 0.0847 e. The van der Waals surface area contributed by atoms with Crippen LogP contribution in [0.2, 0.25) is 5.02 Å². The van der Waals surface area contributed by atoms with Crippen molar-refractivity contribution in [3.05, 3.63) is 49.1 Å². The number of nitrogens with two attached hydrogens (primary N) is 1. The van der Waals surface area contributed by atoms with Crippen molar-refractivity contribution in [1.82, 2.24) is 15.2 Å². The van der Waals surface area contributed by atoms with Crippen molar-refractivity contribution in [2.45, 2.75) is 19.4 Å². The summed E-state index contributed by atoms with van der Waals surface area (Å²) in [7, 11) is 1.89. The molecule has 0 aliphatic heterocycles. The van der Waals surface area contributed by atoms with Crippen molar-refractivity contribution in [1.29, 1.82) is 0 Å². The summed E-state index contributed by atoms with van der Waals surface area (Å²) in [4.78, 5) is 0. The zero-order chi connectivity index (χ0) is 14.9. The van der Waals surface area contributed by atoms with E-state index in [9.17, 15) is 0 Å². The zero-order valence-electron chi connectivity index (χ0n) is 11.1. The number of hydrazine groups is 1. The fraction of sp³-hybridized carbons (Fsp3) is 0.308. The van der Waals surface area contributed by atoms with Gasteiger partial charge in [-0.25, -0.2) is 0 Å². The van der Waals surface area contributed by atoms with E-state index in [1.54, 1.807) is 4.68 Å². The lowest BCUT2D eigenvalue weighted by atomic mass is 10.0. The first-order valence-corrected chi connectivity index (χ1v) is 7.99. The molecule has 3 N–H and O–H groups in total. The van der Waals surface area contributed by atoms with E-state index in [-0.39, 0.29) is 6.04 Å². The lowest BCUT2D eigenvalue weighted by Gasteiger charge is -2.18. The molecule has 0 aliphatic carbocycles. The lowest BCUT2D eigenvalue weighted by Crippen LogP contribution is -2.30. The Morgan fingerprint density at radius 3 is 2.70 bits per heavy atom. The minimum absolute atomic E-state index is 0.0609. The Morgan fingerprint density at radius 1 is 1.45 bits per heavy atom. The molecule has 0 aliphatic rings. The van der Waals surface area contributed by atoms with Crippen LogP contribution in [0.15, 0.2) is 27.1 Å². The van der Waals surface area contributed by atoms with Crippen molar-refractivity contribution in [3.63, 3.8) is 0 Å². The number of nitrogens with one attached hydrogen (secondary N) is 1. The first-order valence-electron chi connectivity index (χ1n) is 6.03. The van der Waals surface area contributed by atoms with Crippen molar-refractivity contribution in [2.75, 3.05) is 0 Å². The van der Waals surface area contributed by atoms with Crippen LogP contribution in [0.4, 0.5) is 0 Å². The summed E-state index contributed by atoms with van der Waals surface area (Å²) in [6.07, 6.45) is 0.654. The summed E-state index contributed by atoms with van der Waals surface area (Å²) >= 11 is 13.3. The van der Waals surface area contributed by atoms with Gasteiger partial charge in [0.15, 0.2) is 0 Å². The highest BCUT2D eigenvalue weighted by molar-refractivity contribution is 9.11. The lowest BCUT2D eigenvalue weighted by molar-refractivity contribution is 0.528. The molecule has 2 aromatic rings. The Hall–Kier alpha value is -0.400. The highest BCUT2D eigenvalue weighted by Crippen LogP contribution is 2.30. The van der Waals surface area contributed by atoms with Gasteiger partial charge in [-0.3, -0.25) is 16.0 Å². The number of halogens is 3. The van der Waals surface area contributed by atoms with E-state index in [4.69, 9.17) is 17.4 Å². The van der Waals surface area contributed by atoms with Crippen LogP contribution in [-0.2, 0) is 13.5 Å². The van der Waals surface area contributed by atoms with Gasteiger partial charge in [-0.05, 0) is 30.7 Å². The van der Waals surface area contributed by atoms with E-state index in [2.05, 4.69) is 42.4 Å². The summed E-state index contributed by atoms with van der Waals surface area (Å²) in [5.74, 6) is 5.72. The van der Waals surface area contributed by atoms with E-state index in [1.165, 1.54) is 0 Å². The zero-order valence-corrected chi connectivity index (χ0v) is 15.1. The molecule has 0 fully saturated rings. The first kappa shape index (κ1) is 16.0. The maximum atomic E-state index is 6.30. The number of nitrogens with zero attached hydrogens (tertiary/aromatic N) is 2. The third kappa shape index (κ3) is 3.26. The normalized spacial score (nSPS) is 12.7. The highest BCUT2D eigenvalue weighted by Gasteiger charge is 2.19. The van der Waals surface area contributed by atoms with E-state index < -0.39 is 0 Å². The minimum atomic E-state index is -0.0609. The van der Waals surface area contributed by atoms with Crippen LogP contribution in [0.1, 0.15) is 23.0 Å². The minimum Gasteiger partial charge on any atom is -0.271 e. The molecule has 0 bridgehead atoms. The molecule has 0 saturated heterocycles. The largest absolute Gasteiger partial charge is 0.271 e. The molecule has 1 unspecified atom stereocenters. The summed E-state index contributed by atoms with van der Waals surface area (Å²) < 4.78 is 3.80. The Bertz CT molecular complexity index is 627. The molecule has 0 amide bonds. The van der Waals surface area contributed by atoms with Gasteiger partial charge in [-0.2, -0.15) is 5.10 Å². The quantitative estimate of drug-likeness (QED) is 0.584. The van der Waals surface area contributed by atoms with E-state index in [1.807, 2.05) is 32.2 Å². The summed E-state index contributed by atoms with van der Waals surface area (Å²) in [6, 6.07) is 5.93. The first-order chi connectivity index (χ1) is 9.43. The van der Waals surface area contributed by atoms with Gasteiger partial charge < -0.3 is 0 Å². The van der Waals surface area contributed by atoms with Gasteiger partial charge in [0.1, 0.15) is 0 Å². The summed E-state index contributed by atoms with van der Waals surface area (Å²) in [5, 5.41) is 5.02. The molecule has 1 heterocycles. The molecule has 2 rings (SSSR count). The van der Waals surface area contributed by atoms with Gasteiger partial charge in [0.2, 0.25) is 0 Å². The molecule has 1 aromatic heterocycles. The molecule has 7 heteroatoms. The highest BCUT2D eigenvalue weighted by atomic mass is 79.9. The van der Waals surface area contributed by atoms with Crippen molar-refractivity contribution < 1.29 is 0 Å². The van der Waals surface area contributed by atoms with E-state index in [0.717, 1.165) is 25.9 Å². The Balaban J connectivity index is 2.36. The van der Waals surface area contributed by atoms with Crippen LogP contribution in [0.25, 0.3) is 0 Å². The van der Waals surface area contributed by atoms with Crippen LogP contribution in [0.3, 0.4) is 0 Å². The van der Waals surface area contributed by atoms with Gasteiger partial charge in [0, 0.05) is 22.4 Å². The topological polar surface area (TPSA) is 55.9 Å². The predicted octanol–water partition coefficient (Wildman–Crippen LogP) is 3.65. The number of benzene rings is 1. The molecule has 0 spiro atoms. The fourth-order valence-electron chi connectivity index (χ4n) is 2.14. The summed E-state index contributed by atoms with van der Waals surface area (Å²) in [5.41, 5.74) is 5.70. The van der Waals surface area contributed by atoms with Gasteiger partial charge in [-0.1, -0.05) is 43.5 Å². The van der Waals surface area contributed by atoms with Crippen molar-refractivity contribution in [3.8, 4) is 0 Å². The van der Waals surface area contributed by atoms with Crippen LogP contribution < -0.4 is 11.3 Å². The molecule has 1 aromatic carbocycles. The van der Waals surface area contributed by atoms with Crippen LogP contribution in [0.5, 0.6) is 0 Å². The maximum absolute atomic E-state index is 6.30. The number of rotatable bonds is 4. The Kier molecular flexibility index (Phi) is 5.25. The van der Waals surface area contributed by atoms with Gasteiger partial charge in [0.05, 0.1) is 22.5 Å². The van der Waals surface area contributed by atoms with E-state index in [0.29, 0.717) is 11.4 Å². The van der Waals surface area contributed by atoms with Gasteiger partial charge in [0.25, 0.3) is 0 Å². The molecular formula is C13H15Br2ClN4. The standard InChI is InChI=1S/C13H15Br2ClN4/c1-7-13(16)12(20(2)19-7)6-11(18-17)9-5-8(14)3-4-10(9)15/h3-5,11,18H,6,17H2,1-2H3. The van der Waals surface area contributed by atoms with Gasteiger partial charge in [-0.15, -0.1) is 0 Å². The second-order valence-corrected chi connectivity index (χ2v) is 6.71. The van der Waals surface area contributed by atoms with Gasteiger partial charge >= 0.3 is 0 Å². The second-order valence-electron chi connectivity index (χ2n) is 4.56. The Labute approximate surface area is 139 Å². The Morgan fingerprint density at radius 2 is 2.15 bits per heavy atom. The average Bonchev–Trinajstić information content (AvgIpc) is 2.65. The molecule has 0 saturated carbocycles. The number of hydrogen-bond acceptors (Lipinski definition) is 3. The molecular weight excluding hydrogens is 407 g/mol. The third-order valence-corrected chi connectivity index (χ3v) is 4.90. The molecule has 108 valence electrons. The van der Waals surface area contributed by atoms with Crippen LogP contribution in [-0.4, -0.2) is 9.78 Å². The second kappa shape index (κ2) is 6.58. The van der Waals surface area contributed by atoms with Crippen LogP contribution in [0, 0.1) is 6.92 Å². The fourth-order valence-corrected chi connectivity index (χ4v) is 3.27.